The second-order valence-corrected chi connectivity index (χ2v) is 21.4. The first-order valence-corrected chi connectivity index (χ1v) is 26.9. The summed E-state index contributed by atoms with van der Waals surface area (Å²) >= 11 is 0. The van der Waals surface area contributed by atoms with Gasteiger partial charge in [-0.1, -0.05) is 36.4 Å². The van der Waals surface area contributed by atoms with Crippen LogP contribution < -0.4 is 5.32 Å². The van der Waals surface area contributed by atoms with Crippen LogP contribution in [0.15, 0.2) is 126 Å². The minimum atomic E-state index is -0.283. The molecule has 4 bridgehead atoms. The molecule has 13 rings (SSSR count). The molecule has 0 spiro atoms. The van der Waals surface area contributed by atoms with E-state index in [0.29, 0.717) is 48.1 Å². The first-order valence-electron chi connectivity index (χ1n) is 26.9. The number of piperidine rings is 2. The molecule has 77 heavy (non-hydrogen) atoms. The van der Waals surface area contributed by atoms with Crippen LogP contribution in [0.25, 0.3) is 55.8 Å². The van der Waals surface area contributed by atoms with Gasteiger partial charge in [-0.05, 0) is 138 Å². The van der Waals surface area contributed by atoms with E-state index in [1.165, 1.54) is 6.07 Å². The largest absolute Gasteiger partial charge is 0.420 e. The van der Waals surface area contributed by atoms with Crippen molar-refractivity contribution < 1.29 is 22.8 Å². The minimum absolute atomic E-state index is 0.0142. The average Bonchev–Trinajstić information content (AvgIpc) is 4.31. The zero-order valence-corrected chi connectivity index (χ0v) is 43.7. The maximum atomic E-state index is 14.4. The molecule has 4 fully saturated rings. The Balaban J connectivity index is 0.000000155. The van der Waals surface area contributed by atoms with Crippen molar-refractivity contribution in [2.75, 3.05) is 6.54 Å². The summed E-state index contributed by atoms with van der Waals surface area (Å²) in [4.78, 5) is 39.8. The van der Waals surface area contributed by atoms with Gasteiger partial charge in [-0.25, -0.2) is 8.78 Å². The fourth-order valence-corrected chi connectivity index (χ4v) is 12.9. The van der Waals surface area contributed by atoms with Gasteiger partial charge < -0.3 is 9.73 Å². The molecule has 6 atom stereocenters. The van der Waals surface area contributed by atoms with E-state index < -0.39 is 0 Å². The number of rotatable bonds is 12. The summed E-state index contributed by atoms with van der Waals surface area (Å²) < 4.78 is 38.8. The lowest BCUT2D eigenvalue weighted by Gasteiger charge is -2.39. The molecule has 16 heteroatoms. The number of benzene rings is 4. The fraction of sp³-hybridized carbons (Fsp3) is 0.344. The third-order valence-corrected chi connectivity index (χ3v) is 16.7. The van der Waals surface area contributed by atoms with Gasteiger partial charge in [-0.15, -0.1) is 10.2 Å². The number of Topliss-reactive ketones (excluding diaryl/α,β-unsaturated/α-hetero) is 1. The summed E-state index contributed by atoms with van der Waals surface area (Å²) in [5.74, 6) is 0.615. The maximum Gasteiger partial charge on any atom is 0.251 e. The van der Waals surface area contributed by atoms with E-state index in [9.17, 15) is 18.4 Å². The highest BCUT2D eigenvalue weighted by molar-refractivity contribution is 6.03. The van der Waals surface area contributed by atoms with Gasteiger partial charge in [0.05, 0.1) is 23.5 Å². The van der Waals surface area contributed by atoms with Crippen molar-refractivity contribution in [2.45, 2.75) is 108 Å². The Hall–Kier alpha value is -7.82. The van der Waals surface area contributed by atoms with Crippen molar-refractivity contribution in [3.8, 4) is 34.0 Å². The molecule has 5 aromatic heterocycles. The number of carbonyl (C=O) groups excluding carboxylic acids is 2. The molecule has 0 saturated carbocycles. The molecule has 9 aromatic rings. The van der Waals surface area contributed by atoms with Gasteiger partial charge in [0.15, 0.2) is 5.78 Å². The molecule has 4 saturated heterocycles. The van der Waals surface area contributed by atoms with Crippen LogP contribution in [0.1, 0.15) is 96.0 Å². The van der Waals surface area contributed by atoms with Crippen LogP contribution >= 0.6 is 0 Å². The van der Waals surface area contributed by atoms with Gasteiger partial charge in [0, 0.05) is 125 Å². The molecule has 4 aliphatic heterocycles. The number of pyridine rings is 2. The molecule has 1 amide bonds. The van der Waals surface area contributed by atoms with Gasteiger partial charge in [-0.3, -0.25) is 38.7 Å². The first-order chi connectivity index (χ1) is 37.4. The van der Waals surface area contributed by atoms with Crippen LogP contribution in [0, 0.1) is 31.4 Å². The smallest absolute Gasteiger partial charge is 0.251 e. The quantitative estimate of drug-likeness (QED) is 0.124. The Bertz CT molecular complexity index is 3680. The van der Waals surface area contributed by atoms with Gasteiger partial charge in [0.1, 0.15) is 23.0 Å². The van der Waals surface area contributed by atoms with E-state index in [0.717, 1.165) is 118 Å². The zero-order chi connectivity index (χ0) is 52.9. The second-order valence-electron chi connectivity index (χ2n) is 21.4. The molecule has 9 heterocycles. The number of hydrogen-bond acceptors (Lipinski definition) is 11. The topological polar surface area (TPSA) is 153 Å². The lowest BCUT2D eigenvalue weighted by atomic mass is 9.86. The highest BCUT2D eigenvalue weighted by atomic mass is 19.1. The van der Waals surface area contributed by atoms with Crippen LogP contribution in [0.2, 0.25) is 0 Å². The van der Waals surface area contributed by atoms with Gasteiger partial charge in [0.25, 0.3) is 5.91 Å². The summed E-state index contributed by atoms with van der Waals surface area (Å²) in [5.41, 5.74) is 10.2. The van der Waals surface area contributed by atoms with E-state index in [-0.39, 0.29) is 53.8 Å². The lowest BCUT2D eigenvalue weighted by molar-refractivity contribution is -0.125. The predicted octanol–water partition coefficient (Wildman–Crippen LogP) is 10.9. The van der Waals surface area contributed by atoms with E-state index in [1.54, 1.807) is 35.1 Å². The summed E-state index contributed by atoms with van der Waals surface area (Å²) in [6.45, 7) is 5.04. The van der Waals surface area contributed by atoms with E-state index >= 15 is 0 Å². The lowest BCUT2D eigenvalue weighted by Crippen LogP contribution is -2.48. The van der Waals surface area contributed by atoms with Crippen LogP contribution in [-0.2, 0) is 32.0 Å². The molecule has 392 valence electrons. The van der Waals surface area contributed by atoms with Crippen LogP contribution in [-0.4, -0.2) is 91.9 Å². The molecule has 6 unspecified atom stereocenters. The summed E-state index contributed by atoms with van der Waals surface area (Å²) in [5, 5.41) is 23.2. The Labute approximate surface area is 445 Å². The number of fused-ring (bicyclic) bond motifs is 6. The Morgan fingerprint density at radius 3 is 1.79 bits per heavy atom. The monoisotopic (exact) mass is 1030 g/mol. The normalized spacial score (nSPS) is 21.1. The van der Waals surface area contributed by atoms with Crippen molar-refractivity contribution in [3.05, 3.63) is 167 Å². The third-order valence-electron chi connectivity index (χ3n) is 16.7. The van der Waals surface area contributed by atoms with Crippen LogP contribution in [0.5, 0.6) is 0 Å². The Morgan fingerprint density at radius 1 is 0.610 bits per heavy atom. The number of ketones is 1. The van der Waals surface area contributed by atoms with Crippen molar-refractivity contribution in [1.82, 2.24) is 54.8 Å². The van der Waals surface area contributed by atoms with Crippen molar-refractivity contribution >= 4 is 33.5 Å². The standard InChI is InChI=1S/C31H32FN5O2.C30H29FN6O/c1-19-15-20(13-14-33-19)30-25-16-21(7-11-27(25)36(2)35-30)31(39)34-17-29(38)24-10-8-23-9-12-28(24)37(23)18-22-5-3-4-6-26(22)32;1-18-15-19(13-14-32-18)28-24-16-20(7-11-26(24)36(2)35-28)29-33-34-30(38-29)23-10-8-22-9-12-27(23)37(22)17-21-5-3-4-6-25(21)31/h3-7,11,13-16,23-24,28H,8-10,12,17-18H2,1-2H3,(H,34,39);3-7,11,13-16,22-23,27H,8-10,12,17H2,1-2H3. The van der Waals surface area contributed by atoms with E-state index in [2.05, 4.69) is 52.5 Å². The summed E-state index contributed by atoms with van der Waals surface area (Å²) in [6, 6.07) is 34.8. The maximum absolute atomic E-state index is 14.4. The van der Waals surface area contributed by atoms with Crippen molar-refractivity contribution in [3.63, 3.8) is 0 Å². The molecular weight excluding hydrogens is 973 g/mol. The van der Waals surface area contributed by atoms with Gasteiger partial charge >= 0.3 is 0 Å². The molecule has 14 nitrogen and oxygen atoms in total. The molecular formula is C61H61F2N11O3. The molecule has 0 aliphatic carbocycles. The molecule has 1 N–H and O–H groups in total. The highest BCUT2D eigenvalue weighted by Crippen LogP contribution is 2.46. The Kier molecular flexibility index (Phi) is 13.6. The average molecular weight is 1030 g/mol. The summed E-state index contributed by atoms with van der Waals surface area (Å²) in [7, 11) is 3.83. The number of aromatic nitrogens is 8. The number of nitrogens with zero attached hydrogens (tertiary/aromatic N) is 10. The molecule has 0 radical (unpaired) electrons. The van der Waals surface area contributed by atoms with Crippen LogP contribution in [0.3, 0.4) is 0 Å². The van der Waals surface area contributed by atoms with Crippen molar-refractivity contribution in [1.29, 1.82) is 0 Å². The van der Waals surface area contributed by atoms with Crippen LogP contribution in [0.4, 0.5) is 8.78 Å². The first kappa shape index (κ1) is 50.0. The number of amides is 1. The second kappa shape index (κ2) is 21.0. The van der Waals surface area contributed by atoms with E-state index in [4.69, 9.17) is 9.52 Å². The summed E-state index contributed by atoms with van der Waals surface area (Å²) in [6.07, 6.45) is 11.5. The Morgan fingerprint density at radius 2 is 1.17 bits per heavy atom. The number of nitrogens with one attached hydrogen (secondary N) is 1. The van der Waals surface area contributed by atoms with E-state index in [1.807, 2.05) is 106 Å². The third kappa shape index (κ3) is 9.84. The number of carbonyl (C=O) groups is 2. The number of halogens is 2. The number of aryl methyl sites for hydroxylation is 4. The molecule has 4 aromatic carbocycles. The van der Waals surface area contributed by atoms with Crippen molar-refractivity contribution in [2.24, 2.45) is 20.0 Å². The van der Waals surface area contributed by atoms with Gasteiger partial charge in [-0.2, -0.15) is 10.2 Å². The number of hydrogen-bond donors (Lipinski definition) is 1. The predicted molar refractivity (Wildman–Crippen MR) is 290 cm³/mol. The van der Waals surface area contributed by atoms with Gasteiger partial charge in [0.2, 0.25) is 11.8 Å². The highest BCUT2D eigenvalue weighted by Gasteiger charge is 2.46. The molecule has 4 aliphatic rings. The fourth-order valence-electron chi connectivity index (χ4n) is 12.9. The minimum Gasteiger partial charge on any atom is -0.420 e. The zero-order valence-electron chi connectivity index (χ0n) is 43.7. The SMILES string of the molecule is Cc1cc(-c2nn(C)c3ccc(-c4nnc(C5CCC6CCC5N6Cc5ccccc5F)o4)cc23)ccn1.Cc1cc(-c2nn(C)c3ccc(C(=O)NCC(=O)C4CCC5CCC4N5Cc4ccccc4F)cc23)ccn1.